The van der Waals surface area contributed by atoms with Crippen molar-refractivity contribution in [1.29, 1.82) is 0 Å². The molecule has 1 aliphatic heterocycles. The molecule has 4 heteroatoms. The van der Waals surface area contributed by atoms with E-state index in [1.807, 2.05) is 6.92 Å². The van der Waals surface area contributed by atoms with Crippen molar-refractivity contribution in [3.8, 4) is 0 Å². The van der Waals surface area contributed by atoms with Crippen molar-refractivity contribution in [1.82, 2.24) is 14.8 Å². The fourth-order valence-electron chi connectivity index (χ4n) is 1.71. The van der Waals surface area contributed by atoms with Gasteiger partial charge in [0.2, 0.25) is 0 Å². The molecule has 0 saturated heterocycles. The van der Waals surface area contributed by atoms with E-state index in [1.54, 1.807) is 4.68 Å². The molecule has 70 valence electrons. The SMILES string of the molecule is CCc1nc2n(n1)C(C=O)CCC2. The van der Waals surface area contributed by atoms with E-state index in [0.29, 0.717) is 0 Å². The quantitative estimate of drug-likeness (QED) is 0.634. The molecule has 0 fully saturated rings. The molecule has 1 unspecified atom stereocenters. The number of carbonyl (C=O) groups is 1. The van der Waals surface area contributed by atoms with Gasteiger partial charge in [-0.2, -0.15) is 5.10 Å². The average Bonchev–Trinajstić information content (AvgIpc) is 2.59. The van der Waals surface area contributed by atoms with E-state index in [4.69, 9.17) is 0 Å². The van der Waals surface area contributed by atoms with Gasteiger partial charge in [0, 0.05) is 12.8 Å². The molecule has 0 spiro atoms. The van der Waals surface area contributed by atoms with Gasteiger partial charge in [-0.1, -0.05) is 6.92 Å². The van der Waals surface area contributed by atoms with Gasteiger partial charge in [-0.05, 0) is 12.8 Å². The van der Waals surface area contributed by atoms with E-state index >= 15 is 0 Å². The number of aryl methyl sites for hydroxylation is 2. The van der Waals surface area contributed by atoms with Gasteiger partial charge in [0.1, 0.15) is 18.2 Å². The smallest absolute Gasteiger partial charge is 0.150 e. The summed E-state index contributed by atoms with van der Waals surface area (Å²) in [7, 11) is 0. The van der Waals surface area contributed by atoms with E-state index < -0.39 is 0 Å². The minimum absolute atomic E-state index is 0.0726. The van der Waals surface area contributed by atoms with Crippen LogP contribution < -0.4 is 0 Å². The maximum atomic E-state index is 10.7. The largest absolute Gasteiger partial charge is 0.301 e. The number of nitrogens with zero attached hydrogens (tertiary/aromatic N) is 3. The molecule has 0 amide bonds. The van der Waals surface area contributed by atoms with Gasteiger partial charge in [-0.25, -0.2) is 9.67 Å². The summed E-state index contributed by atoms with van der Waals surface area (Å²) in [5.74, 6) is 1.82. The van der Waals surface area contributed by atoms with E-state index in [1.165, 1.54) is 0 Å². The van der Waals surface area contributed by atoms with Crippen LogP contribution in [-0.4, -0.2) is 21.1 Å². The summed E-state index contributed by atoms with van der Waals surface area (Å²) in [6, 6.07) is -0.0726. The van der Waals surface area contributed by atoms with Gasteiger partial charge in [-0.3, -0.25) is 0 Å². The van der Waals surface area contributed by atoms with Crippen molar-refractivity contribution in [3.63, 3.8) is 0 Å². The van der Waals surface area contributed by atoms with Crippen LogP contribution in [0.5, 0.6) is 0 Å². The highest BCUT2D eigenvalue weighted by Crippen LogP contribution is 2.21. The highest BCUT2D eigenvalue weighted by atomic mass is 16.1. The van der Waals surface area contributed by atoms with Crippen LogP contribution in [0.4, 0.5) is 0 Å². The Morgan fingerprint density at radius 3 is 3.23 bits per heavy atom. The van der Waals surface area contributed by atoms with E-state index in [-0.39, 0.29) is 6.04 Å². The topological polar surface area (TPSA) is 47.8 Å². The second-order valence-corrected chi connectivity index (χ2v) is 3.34. The van der Waals surface area contributed by atoms with Crippen LogP contribution in [0.3, 0.4) is 0 Å². The van der Waals surface area contributed by atoms with Crippen LogP contribution in [-0.2, 0) is 17.6 Å². The van der Waals surface area contributed by atoms with Crippen LogP contribution in [0.2, 0.25) is 0 Å². The normalized spacial score (nSPS) is 21.2. The Kier molecular flexibility index (Phi) is 2.12. The first-order valence-corrected chi connectivity index (χ1v) is 4.74. The molecular weight excluding hydrogens is 166 g/mol. The van der Waals surface area contributed by atoms with Gasteiger partial charge in [0.15, 0.2) is 5.82 Å². The Morgan fingerprint density at radius 2 is 2.54 bits per heavy atom. The van der Waals surface area contributed by atoms with Gasteiger partial charge in [0.25, 0.3) is 0 Å². The third-order valence-corrected chi connectivity index (χ3v) is 2.43. The van der Waals surface area contributed by atoms with Crippen molar-refractivity contribution in [2.75, 3.05) is 0 Å². The van der Waals surface area contributed by atoms with Crippen molar-refractivity contribution < 1.29 is 4.79 Å². The third-order valence-electron chi connectivity index (χ3n) is 2.43. The minimum Gasteiger partial charge on any atom is -0.301 e. The lowest BCUT2D eigenvalue weighted by molar-refractivity contribution is -0.111. The van der Waals surface area contributed by atoms with Crippen LogP contribution >= 0.6 is 0 Å². The zero-order chi connectivity index (χ0) is 9.26. The summed E-state index contributed by atoms with van der Waals surface area (Å²) < 4.78 is 1.79. The summed E-state index contributed by atoms with van der Waals surface area (Å²) in [5, 5.41) is 4.30. The fraction of sp³-hybridized carbons (Fsp3) is 0.667. The maximum Gasteiger partial charge on any atom is 0.150 e. The highest BCUT2D eigenvalue weighted by Gasteiger charge is 2.21. The van der Waals surface area contributed by atoms with Crippen molar-refractivity contribution in [2.24, 2.45) is 0 Å². The Hall–Kier alpha value is -1.19. The first-order valence-electron chi connectivity index (χ1n) is 4.74. The lowest BCUT2D eigenvalue weighted by atomic mass is 10.1. The Bertz CT molecular complexity index is 319. The number of aromatic nitrogens is 3. The second kappa shape index (κ2) is 3.28. The number of rotatable bonds is 2. The Balaban J connectivity index is 2.37. The Morgan fingerprint density at radius 1 is 1.69 bits per heavy atom. The lowest BCUT2D eigenvalue weighted by Crippen LogP contribution is -2.20. The van der Waals surface area contributed by atoms with Crippen LogP contribution in [0, 0.1) is 0 Å². The molecule has 0 bridgehead atoms. The number of hydrogen-bond acceptors (Lipinski definition) is 3. The standard InChI is InChI=1S/C9H13N3O/c1-2-8-10-9-5-3-4-7(6-13)12(9)11-8/h6-7H,2-5H2,1H3. The predicted molar refractivity (Wildman–Crippen MR) is 47.4 cm³/mol. The molecule has 2 rings (SSSR count). The highest BCUT2D eigenvalue weighted by molar-refractivity contribution is 5.55. The van der Waals surface area contributed by atoms with Crippen molar-refractivity contribution in [3.05, 3.63) is 11.6 Å². The third kappa shape index (κ3) is 1.36. The molecule has 1 aromatic rings. The van der Waals surface area contributed by atoms with Gasteiger partial charge in [-0.15, -0.1) is 0 Å². The van der Waals surface area contributed by atoms with E-state index in [9.17, 15) is 4.79 Å². The van der Waals surface area contributed by atoms with Gasteiger partial charge >= 0.3 is 0 Å². The Labute approximate surface area is 77.0 Å². The van der Waals surface area contributed by atoms with Crippen molar-refractivity contribution >= 4 is 6.29 Å². The van der Waals surface area contributed by atoms with E-state index in [2.05, 4.69) is 10.1 Å². The average molecular weight is 179 g/mol. The molecule has 13 heavy (non-hydrogen) atoms. The van der Waals surface area contributed by atoms with Gasteiger partial charge < -0.3 is 4.79 Å². The summed E-state index contributed by atoms with van der Waals surface area (Å²) in [5.41, 5.74) is 0. The molecule has 2 heterocycles. The van der Waals surface area contributed by atoms with Crippen LogP contribution in [0.25, 0.3) is 0 Å². The number of aldehydes is 1. The molecule has 1 aliphatic rings. The number of carbonyl (C=O) groups excluding carboxylic acids is 1. The van der Waals surface area contributed by atoms with Gasteiger partial charge in [0.05, 0.1) is 0 Å². The number of fused-ring (bicyclic) bond motifs is 1. The summed E-state index contributed by atoms with van der Waals surface area (Å²) in [4.78, 5) is 15.1. The zero-order valence-corrected chi connectivity index (χ0v) is 7.73. The van der Waals surface area contributed by atoms with Crippen molar-refractivity contribution in [2.45, 2.75) is 38.6 Å². The monoisotopic (exact) mass is 179 g/mol. The molecule has 0 aromatic carbocycles. The lowest BCUT2D eigenvalue weighted by Gasteiger charge is -2.17. The molecule has 0 aliphatic carbocycles. The molecule has 0 N–H and O–H groups in total. The molecular formula is C9H13N3O. The molecule has 0 radical (unpaired) electrons. The first kappa shape index (κ1) is 8.41. The maximum absolute atomic E-state index is 10.7. The fourth-order valence-corrected chi connectivity index (χ4v) is 1.71. The predicted octanol–water partition coefficient (Wildman–Crippen LogP) is 0.917. The van der Waals surface area contributed by atoms with Crippen LogP contribution in [0.15, 0.2) is 0 Å². The van der Waals surface area contributed by atoms with Crippen LogP contribution in [0.1, 0.15) is 37.5 Å². The molecule has 1 aromatic heterocycles. The minimum atomic E-state index is -0.0726. The summed E-state index contributed by atoms with van der Waals surface area (Å²) >= 11 is 0. The second-order valence-electron chi connectivity index (χ2n) is 3.34. The number of hydrogen-bond donors (Lipinski definition) is 0. The first-order chi connectivity index (χ1) is 6.35. The summed E-state index contributed by atoms with van der Waals surface area (Å²) in [6.07, 6.45) is 4.72. The van der Waals surface area contributed by atoms with E-state index in [0.717, 1.165) is 43.6 Å². The zero-order valence-electron chi connectivity index (χ0n) is 7.73. The molecule has 0 saturated carbocycles. The summed E-state index contributed by atoms with van der Waals surface area (Å²) in [6.45, 7) is 2.03. The molecule has 4 nitrogen and oxygen atoms in total. The molecule has 1 atom stereocenters.